The number of Topliss-reactive ketones (excluding diaryl/α,β-unsaturated/α-hetero) is 1. The first-order valence-corrected chi connectivity index (χ1v) is 9.88. The van der Waals surface area contributed by atoms with Gasteiger partial charge in [-0.2, -0.15) is 0 Å². The number of nitro benzene ring substituents is 1. The molecule has 1 aliphatic heterocycles. The lowest BCUT2D eigenvalue weighted by atomic mass is 9.95. The van der Waals surface area contributed by atoms with Crippen LogP contribution in [0.2, 0.25) is 0 Å². The molecule has 2 aromatic carbocycles. The summed E-state index contributed by atoms with van der Waals surface area (Å²) in [4.78, 5) is 37.3. The van der Waals surface area contributed by atoms with Crippen molar-refractivity contribution < 1.29 is 39.3 Å². The molecule has 0 aromatic heterocycles. The lowest BCUT2D eigenvalue weighted by Crippen LogP contribution is -2.33. The number of hydrogen-bond acceptors (Lipinski definition) is 9. The summed E-state index contributed by atoms with van der Waals surface area (Å²) in [6.07, 6.45) is 0. The van der Waals surface area contributed by atoms with E-state index < -0.39 is 28.4 Å². The summed E-state index contributed by atoms with van der Waals surface area (Å²) in [5.74, 6) is -2.36. The maximum Gasteiger partial charge on any atom is 0.295 e. The van der Waals surface area contributed by atoms with Crippen LogP contribution >= 0.6 is 0 Å². The summed E-state index contributed by atoms with van der Waals surface area (Å²) < 4.78 is 10.4. The van der Waals surface area contributed by atoms with Gasteiger partial charge in [-0.3, -0.25) is 19.7 Å². The third kappa shape index (κ3) is 4.78. The molecular weight excluding hydrogens is 436 g/mol. The maximum absolute atomic E-state index is 12.9. The summed E-state index contributed by atoms with van der Waals surface area (Å²) in [7, 11) is 1.34. The Hall–Kier alpha value is -3.96. The Morgan fingerprint density at radius 2 is 1.85 bits per heavy atom. The fraction of sp³-hybridized carbons (Fsp3) is 0.273. The minimum atomic E-state index is -1.03. The molecule has 2 aromatic rings. The molecule has 1 amide bonds. The molecule has 3 N–H and O–H groups in total. The SMILES string of the molecule is COc1cc([C@H]2C(=C(O)c3ccc([N+](=O)[O-])cc3)C(=O)C(=O)N2CCOCCO)ccc1O. The molecule has 0 spiro atoms. The molecular formula is C22H22N2O9. The molecule has 33 heavy (non-hydrogen) atoms. The van der Waals surface area contributed by atoms with Gasteiger partial charge in [-0.15, -0.1) is 0 Å². The average molecular weight is 458 g/mol. The van der Waals surface area contributed by atoms with Gasteiger partial charge in [0, 0.05) is 24.2 Å². The van der Waals surface area contributed by atoms with Gasteiger partial charge >= 0.3 is 0 Å². The normalized spacial score (nSPS) is 17.4. The molecule has 1 heterocycles. The molecule has 0 unspecified atom stereocenters. The molecule has 0 bridgehead atoms. The Balaban J connectivity index is 2.10. The van der Waals surface area contributed by atoms with E-state index in [4.69, 9.17) is 14.6 Å². The van der Waals surface area contributed by atoms with Crippen LogP contribution in [0.25, 0.3) is 5.76 Å². The van der Waals surface area contributed by atoms with Crippen LogP contribution in [0.1, 0.15) is 17.2 Å². The number of carbonyl (C=O) groups excluding carboxylic acids is 2. The smallest absolute Gasteiger partial charge is 0.295 e. The fourth-order valence-electron chi connectivity index (χ4n) is 3.55. The number of methoxy groups -OCH3 is 1. The number of ketones is 1. The highest BCUT2D eigenvalue weighted by atomic mass is 16.6. The first-order valence-electron chi connectivity index (χ1n) is 9.88. The van der Waals surface area contributed by atoms with E-state index in [1.54, 1.807) is 0 Å². The van der Waals surface area contributed by atoms with Gasteiger partial charge in [0.15, 0.2) is 11.5 Å². The Labute approximate surface area is 188 Å². The Morgan fingerprint density at radius 1 is 1.15 bits per heavy atom. The second-order valence-electron chi connectivity index (χ2n) is 7.06. The number of nitrogens with zero attached hydrogens (tertiary/aromatic N) is 2. The zero-order chi connectivity index (χ0) is 24.1. The van der Waals surface area contributed by atoms with Crippen LogP contribution in [0.4, 0.5) is 5.69 Å². The van der Waals surface area contributed by atoms with Gasteiger partial charge in [0.1, 0.15) is 5.76 Å². The lowest BCUT2D eigenvalue weighted by molar-refractivity contribution is -0.384. The van der Waals surface area contributed by atoms with E-state index >= 15 is 0 Å². The number of nitro groups is 1. The molecule has 0 aliphatic carbocycles. The molecule has 0 saturated carbocycles. The van der Waals surface area contributed by atoms with Crippen LogP contribution < -0.4 is 4.74 Å². The topological polar surface area (TPSA) is 160 Å². The summed E-state index contributed by atoms with van der Waals surface area (Å²) in [5, 5.41) is 40.7. The number of benzene rings is 2. The lowest BCUT2D eigenvalue weighted by Gasteiger charge is -2.25. The second-order valence-corrected chi connectivity index (χ2v) is 7.06. The Bertz CT molecular complexity index is 1100. The molecule has 0 radical (unpaired) electrons. The predicted molar refractivity (Wildman–Crippen MR) is 115 cm³/mol. The number of ether oxygens (including phenoxy) is 2. The van der Waals surface area contributed by atoms with Crippen molar-refractivity contribution in [1.82, 2.24) is 4.90 Å². The van der Waals surface area contributed by atoms with E-state index in [-0.39, 0.29) is 54.7 Å². The minimum Gasteiger partial charge on any atom is -0.507 e. The Kier molecular flexibility index (Phi) is 7.26. The van der Waals surface area contributed by atoms with Gasteiger partial charge in [-0.1, -0.05) is 6.07 Å². The molecule has 1 aliphatic rings. The number of phenolic OH excluding ortho intramolecular Hbond substituents is 1. The van der Waals surface area contributed by atoms with Crippen molar-refractivity contribution in [3.8, 4) is 11.5 Å². The van der Waals surface area contributed by atoms with E-state index in [9.17, 15) is 29.9 Å². The maximum atomic E-state index is 12.9. The van der Waals surface area contributed by atoms with E-state index in [1.165, 1.54) is 54.5 Å². The third-order valence-corrected chi connectivity index (χ3v) is 5.12. The first kappa shape index (κ1) is 23.7. The van der Waals surface area contributed by atoms with Crippen molar-refractivity contribution in [2.75, 3.05) is 33.5 Å². The fourth-order valence-corrected chi connectivity index (χ4v) is 3.55. The van der Waals surface area contributed by atoms with Crippen molar-refractivity contribution in [3.63, 3.8) is 0 Å². The van der Waals surface area contributed by atoms with Crippen LogP contribution in [-0.2, 0) is 14.3 Å². The third-order valence-electron chi connectivity index (χ3n) is 5.12. The number of carbonyl (C=O) groups is 2. The van der Waals surface area contributed by atoms with Crippen molar-refractivity contribution in [2.45, 2.75) is 6.04 Å². The van der Waals surface area contributed by atoms with Crippen molar-refractivity contribution in [3.05, 3.63) is 69.3 Å². The van der Waals surface area contributed by atoms with Crippen LogP contribution in [0.5, 0.6) is 11.5 Å². The monoisotopic (exact) mass is 458 g/mol. The predicted octanol–water partition coefficient (Wildman–Crippen LogP) is 1.74. The van der Waals surface area contributed by atoms with Gasteiger partial charge < -0.3 is 29.7 Å². The van der Waals surface area contributed by atoms with Crippen LogP contribution in [0.15, 0.2) is 48.0 Å². The first-order chi connectivity index (χ1) is 15.8. The Morgan fingerprint density at radius 3 is 2.45 bits per heavy atom. The second kappa shape index (κ2) is 10.1. The highest BCUT2D eigenvalue weighted by Crippen LogP contribution is 2.41. The number of hydrogen-bond donors (Lipinski definition) is 3. The van der Waals surface area contributed by atoms with E-state index in [0.717, 1.165) is 0 Å². The number of rotatable bonds is 9. The van der Waals surface area contributed by atoms with Crippen LogP contribution in [0, 0.1) is 10.1 Å². The van der Waals surface area contributed by atoms with Gasteiger partial charge in [0.2, 0.25) is 0 Å². The number of amides is 1. The molecule has 174 valence electrons. The number of aliphatic hydroxyl groups is 2. The molecule has 11 heteroatoms. The molecule has 11 nitrogen and oxygen atoms in total. The van der Waals surface area contributed by atoms with Crippen LogP contribution in [0.3, 0.4) is 0 Å². The molecule has 1 atom stereocenters. The number of non-ortho nitro benzene ring substituents is 1. The van der Waals surface area contributed by atoms with Crippen molar-refractivity contribution in [1.29, 1.82) is 0 Å². The molecule has 1 saturated heterocycles. The van der Waals surface area contributed by atoms with E-state index in [2.05, 4.69) is 0 Å². The van der Waals surface area contributed by atoms with Gasteiger partial charge in [-0.05, 0) is 29.8 Å². The van der Waals surface area contributed by atoms with Gasteiger partial charge in [0.05, 0.1) is 43.5 Å². The standard InChI is InChI=1S/C22H22N2O9/c1-32-17-12-14(4-7-16(17)26)19-18(20(27)13-2-5-15(6-3-13)24(30)31)21(28)22(29)23(19)8-10-33-11-9-25/h2-7,12,19,25-27H,8-11H2,1H3/t19-/m0/s1. The highest BCUT2D eigenvalue weighted by molar-refractivity contribution is 6.46. The van der Waals surface area contributed by atoms with Crippen molar-refractivity contribution >= 4 is 23.1 Å². The summed E-state index contributed by atoms with van der Waals surface area (Å²) in [6, 6.07) is 8.13. The zero-order valence-corrected chi connectivity index (χ0v) is 17.6. The number of phenols is 1. The largest absolute Gasteiger partial charge is 0.507 e. The van der Waals surface area contributed by atoms with Gasteiger partial charge in [-0.25, -0.2) is 0 Å². The summed E-state index contributed by atoms with van der Waals surface area (Å²) in [5.41, 5.74) is 0.0805. The zero-order valence-electron chi connectivity index (χ0n) is 17.6. The quantitative estimate of drug-likeness (QED) is 0.127. The number of aromatic hydroxyl groups is 1. The average Bonchev–Trinajstić information content (AvgIpc) is 3.06. The summed E-state index contributed by atoms with van der Waals surface area (Å²) in [6.45, 7) is -0.158. The summed E-state index contributed by atoms with van der Waals surface area (Å²) >= 11 is 0. The van der Waals surface area contributed by atoms with Crippen molar-refractivity contribution in [2.24, 2.45) is 0 Å². The number of aliphatic hydroxyl groups excluding tert-OH is 2. The van der Waals surface area contributed by atoms with E-state index in [1.807, 2.05) is 0 Å². The van der Waals surface area contributed by atoms with E-state index in [0.29, 0.717) is 5.56 Å². The van der Waals surface area contributed by atoms with Gasteiger partial charge in [0.25, 0.3) is 17.4 Å². The molecule has 3 rings (SSSR count). The van der Waals surface area contributed by atoms with Crippen LogP contribution in [-0.4, -0.2) is 70.3 Å². The molecule has 1 fully saturated rings. The minimum absolute atomic E-state index is 0.0184. The highest BCUT2D eigenvalue weighted by Gasteiger charge is 2.46. The number of likely N-dealkylation sites (tertiary alicyclic amines) is 1.